The van der Waals surface area contributed by atoms with Gasteiger partial charge in [0.05, 0.1) is 7.11 Å². The molecule has 1 aromatic rings. The zero-order valence-electron chi connectivity index (χ0n) is 7.95. The fourth-order valence-corrected chi connectivity index (χ4v) is 1.16. The lowest BCUT2D eigenvalue weighted by Crippen LogP contribution is -2.30. The third-order valence-electron chi connectivity index (χ3n) is 1.82. The van der Waals surface area contributed by atoms with Crippen molar-refractivity contribution in [3.8, 4) is 0 Å². The van der Waals surface area contributed by atoms with Gasteiger partial charge in [-0.25, -0.2) is 0 Å². The molecule has 1 rings (SSSR count). The van der Waals surface area contributed by atoms with Crippen LogP contribution in [0.3, 0.4) is 0 Å². The largest absolute Gasteiger partial charge is 0.468 e. The van der Waals surface area contributed by atoms with Crippen LogP contribution in [0.4, 0.5) is 5.69 Å². The number of nitrogens with one attached hydrogen (secondary N) is 1. The van der Waals surface area contributed by atoms with E-state index >= 15 is 0 Å². The van der Waals surface area contributed by atoms with Gasteiger partial charge in [0, 0.05) is 12.2 Å². The average molecular weight is 178 g/mol. The highest BCUT2D eigenvalue weighted by Crippen LogP contribution is 2.12. The second-order valence-electron chi connectivity index (χ2n) is 2.59. The third-order valence-corrected chi connectivity index (χ3v) is 1.82. The summed E-state index contributed by atoms with van der Waals surface area (Å²) < 4.78 is 4.87. The Hall–Kier alpha value is -1.51. The van der Waals surface area contributed by atoms with E-state index in [2.05, 4.69) is 0 Å². The van der Waals surface area contributed by atoms with Crippen molar-refractivity contribution < 1.29 is 4.74 Å². The molecular weight excluding hydrogens is 164 g/mol. The first-order valence-corrected chi connectivity index (χ1v) is 4.24. The molecule has 0 fully saturated rings. The number of rotatable bonds is 2. The second kappa shape index (κ2) is 4.50. The molecule has 3 heteroatoms. The van der Waals surface area contributed by atoms with Gasteiger partial charge in [-0.3, -0.25) is 10.3 Å². The van der Waals surface area contributed by atoms with Crippen molar-refractivity contribution in [2.45, 2.75) is 6.92 Å². The van der Waals surface area contributed by atoms with Gasteiger partial charge >= 0.3 is 0 Å². The summed E-state index contributed by atoms with van der Waals surface area (Å²) in [6, 6.07) is 9.93. The number of para-hydroxylation sites is 1. The maximum Gasteiger partial charge on any atom is 0.288 e. The number of nitrogens with zero attached hydrogens (tertiary/aromatic N) is 1. The summed E-state index contributed by atoms with van der Waals surface area (Å²) in [6.07, 6.45) is 0. The Balaban J connectivity index is 2.85. The lowest BCUT2D eigenvalue weighted by Gasteiger charge is -2.21. The first-order valence-electron chi connectivity index (χ1n) is 4.24. The van der Waals surface area contributed by atoms with Gasteiger partial charge in [0.15, 0.2) is 0 Å². The topological polar surface area (TPSA) is 36.3 Å². The minimum absolute atomic E-state index is 0.175. The molecule has 13 heavy (non-hydrogen) atoms. The summed E-state index contributed by atoms with van der Waals surface area (Å²) in [5.74, 6) is 0. The minimum Gasteiger partial charge on any atom is -0.468 e. The number of hydrogen-bond donors (Lipinski definition) is 1. The maximum atomic E-state index is 7.54. The number of anilines is 1. The van der Waals surface area contributed by atoms with Crippen molar-refractivity contribution in [1.82, 2.24) is 0 Å². The molecule has 0 amide bonds. The maximum absolute atomic E-state index is 7.54. The van der Waals surface area contributed by atoms with E-state index in [1.54, 1.807) is 4.90 Å². The normalized spacial score (nSPS) is 9.38. The van der Waals surface area contributed by atoms with Gasteiger partial charge in [0.2, 0.25) is 0 Å². The van der Waals surface area contributed by atoms with Crippen LogP contribution in [0.5, 0.6) is 0 Å². The molecule has 70 valence electrons. The van der Waals surface area contributed by atoms with Crippen LogP contribution in [0.1, 0.15) is 6.92 Å². The van der Waals surface area contributed by atoms with Gasteiger partial charge in [-0.2, -0.15) is 0 Å². The van der Waals surface area contributed by atoms with Crippen molar-refractivity contribution in [1.29, 1.82) is 5.41 Å². The molecule has 1 N–H and O–H groups in total. The van der Waals surface area contributed by atoms with E-state index in [0.717, 1.165) is 12.2 Å². The predicted molar refractivity (Wildman–Crippen MR) is 54.2 cm³/mol. The lowest BCUT2D eigenvalue weighted by atomic mass is 10.3. The standard InChI is InChI=1S/C10H14N2O/c1-3-12(10(11)13-2)9-7-5-4-6-8-9/h4-8,11H,3H2,1-2H3. The molecule has 0 saturated heterocycles. The Kier molecular flexibility index (Phi) is 3.31. The van der Waals surface area contributed by atoms with Crippen molar-refractivity contribution >= 4 is 11.7 Å². The number of hydrogen-bond acceptors (Lipinski definition) is 2. The smallest absolute Gasteiger partial charge is 0.288 e. The highest BCUT2D eigenvalue weighted by molar-refractivity contribution is 5.89. The Morgan fingerprint density at radius 1 is 1.38 bits per heavy atom. The zero-order valence-corrected chi connectivity index (χ0v) is 7.95. The lowest BCUT2D eigenvalue weighted by molar-refractivity contribution is 0.387. The molecule has 0 aliphatic heterocycles. The molecule has 0 aliphatic carbocycles. The Bertz CT molecular complexity index is 272. The van der Waals surface area contributed by atoms with Gasteiger partial charge in [-0.15, -0.1) is 0 Å². The van der Waals surface area contributed by atoms with Gasteiger partial charge in [0.1, 0.15) is 0 Å². The summed E-state index contributed by atoms with van der Waals surface area (Å²) >= 11 is 0. The minimum atomic E-state index is 0.175. The first kappa shape index (κ1) is 9.58. The molecule has 0 spiro atoms. The summed E-state index contributed by atoms with van der Waals surface area (Å²) in [4.78, 5) is 1.79. The van der Waals surface area contributed by atoms with Gasteiger partial charge < -0.3 is 4.74 Å². The van der Waals surface area contributed by atoms with Gasteiger partial charge in [0.25, 0.3) is 6.02 Å². The molecule has 1 aromatic carbocycles. The summed E-state index contributed by atoms with van der Waals surface area (Å²) in [5, 5.41) is 7.54. The van der Waals surface area contributed by atoms with E-state index in [1.807, 2.05) is 37.3 Å². The molecule has 0 atom stereocenters. The van der Waals surface area contributed by atoms with Crippen LogP contribution in [0.15, 0.2) is 30.3 Å². The molecule has 0 radical (unpaired) electrons. The SMILES string of the molecule is CCN(C(=N)OC)c1ccccc1. The van der Waals surface area contributed by atoms with Crippen LogP contribution in [0.2, 0.25) is 0 Å². The summed E-state index contributed by atoms with van der Waals surface area (Å²) in [7, 11) is 1.51. The van der Waals surface area contributed by atoms with Crippen molar-refractivity contribution in [3.05, 3.63) is 30.3 Å². The molecule has 0 aliphatic rings. The first-order chi connectivity index (χ1) is 6.29. The van der Waals surface area contributed by atoms with E-state index in [9.17, 15) is 0 Å². The molecular formula is C10H14N2O. The number of amidine groups is 1. The second-order valence-corrected chi connectivity index (χ2v) is 2.59. The van der Waals surface area contributed by atoms with Crippen LogP contribution in [0, 0.1) is 5.41 Å². The molecule has 0 aromatic heterocycles. The number of benzene rings is 1. The monoisotopic (exact) mass is 178 g/mol. The molecule has 0 unspecified atom stereocenters. The van der Waals surface area contributed by atoms with Crippen molar-refractivity contribution in [2.75, 3.05) is 18.6 Å². The zero-order chi connectivity index (χ0) is 9.68. The quantitative estimate of drug-likeness (QED) is 0.556. The Morgan fingerprint density at radius 3 is 2.46 bits per heavy atom. The summed E-state index contributed by atoms with van der Waals surface area (Å²) in [6.45, 7) is 2.72. The Morgan fingerprint density at radius 2 is 2.00 bits per heavy atom. The van der Waals surface area contributed by atoms with Crippen LogP contribution < -0.4 is 4.90 Å². The van der Waals surface area contributed by atoms with Crippen molar-refractivity contribution in [3.63, 3.8) is 0 Å². The number of methoxy groups -OCH3 is 1. The van der Waals surface area contributed by atoms with Crippen molar-refractivity contribution in [2.24, 2.45) is 0 Å². The van der Waals surface area contributed by atoms with Crippen LogP contribution in [-0.2, 0) is 4.74 Å². The molecule has 0 heterocycles. The third kappa shape index (κ3) is 2.21. The van der Waals surface area contributed by atoms with E-state index in [0.29, 0.717) is 0 Å². The van der Waals surface area contributed by atoms with E-state index in [-0.39, 0.29) is 6.02 Å². The summed E-state index contributed by atoms with van der Waals surface area (Å²) in [5.41, 5.74) is 0.983. The van der Waals surface area contributed by atoms with Gasteiger partial charge in [-0.05, 0) is 19.1 Å². The highest BCUT2D eigenvalue weighted by atomic mass is 16.5. The number of ether oxygens (including phenoxy) is 1. The van der Waals surface area contributed by atoms with E-state index in [4.69, 9.17) is 10.1 Å². The average Bonchev–Trinajstić information content (AvgIpc) is 2.20. The highest BCUT2D eigenvalue weighted by Gasteiger charge is 2.08. The predicted octanol–water partition coefficient (Wildman–Crippen LogP) is 2.09. The van der Waals surface area contributed by atoms with Gasteiger partial charge in [-0.1, -0.05) is 18.2 Å². The molecule has 0 saturated carbocycles. The fraction of sp³-hybridized carbons (Fsp3) is 0.300. The van der Waals surface area contributed by atoms with E-state index in [1.165, 1.54) is 7.11 Å². The fourth-order valence-electron chi connectivity index (χ4n) is 1.16. The van der Waals surface area contributed by atoms with Crippen LogP contribution in [0.25, 0.3) is 0 Å². The molecule has 3 nitrogen and oxygen atoms in total. The van der Waals surface area contributed by atoms with E-state index < -0.39 is 0 Å². The van der Waals surface area contributed by atoms with Crippen LogP contribution >= 0.6 is 0 Å². The Labute approximate surface area is 78.4 Å². The van der Waals surface area contributed by atoms with Crippen LogP contribution in [-0.4, -0.2) is 19.7 Å². The molecule has 0 bridgehead atoms.